The van der Waals surface area contributed by atoms with E-state index in [0.29, 0.717) is 28.5 Å². The second kappa shape index (κ2) is 6.20. The van der Waals surface area contributed by atoms with Crippen LogP contribution in [0.2, 0.25) is 0 Å². The van der Waals surface area contributed by atoms with Crippen LogP contribution in [0.1, 0.15) is 6.42 Å². The molecule has 2 unspecified atom stereocenters. The molecule has 138 valence electrons. The molecule has 2 aliphatic rings. The van der Waals surface area contributed by atoms with E-state index in [1.165, 1.54) is 30.3 Å². The Kier molecular flexibility index (Phi) is 3.79. The summed E-state index contributed by atoms with van der Waals surface area (Å²) in [6.07, 6.45) is 1.03. The molecule has 1 aromatic heterocycles. The number of nitrogens with zero attached hydrogens (tertiary/aromatic N) is 3. The molecule has 0 radical (unpaired) electrons. The van der Waals surface area contributed by atoms with Crippen LogP contribution in [0, 0.1) is 23.4 Å². The van der Waals surface area contributed by atoms with E-state index in [-0.39, 0.29) is 11.6 Å². The van der Waals surface area contributed by atoms with Crippen molar-refractivity contribution in [3.05, 3.63) is 53.8 Å². The van der Waals surface area contributed by atoms with Gasteiger partial charge in [-0.05, 0) is 36.6 Å². The lowest BCUT2D eigenvalue weighted by atomic mass is 10.0. The predicted molar refractivity (Wildman–Crippen MR) is 97.0 cm³/mol. The van der Waals surface area contributed by atoms with Gasteiger partial charge in [-0.15, -0.1) is 0 Å². The molecule has 2 saturated heterocycles. The molecule has 3 heterocycles. The standard InChI is InChI=1S/C20H17F3N4/c21-12-1-3-14(16(23)7-12)19-15-4-2-13(22)8-17(15)25-20(26-19)27-6-5-11-9-24-10-18(11)27/h1-4,7-8,11,18,24H,5-6,9-10H2. The van der Waals surface area contributed by atoms with Crippen LogP contribution in [0.25, 0.3) is 22.2 Å². The molecule has 0 amide bonds. The van der Waals surface area contributed by atoms with Crippen molar-refractivity contribution in [2.45, 2.75) is 12.5 Å². The zero-order valence-electron chi connectivity index (χ0n) is 14.4. The molecule has 2 fully saturated rings. The highest BCUT2D eigenvalue weighted by molar-refractivity contribution is 5.93. The quantitative estimate of drug-likeness (QED) is 0.750. The zero-order valence-corrected chi connectivity index (χ0v) is 14.4. The SMILES string of the molecule is Fc1ccc(-c2nc(N3CCC4CNCC43)nc3cc(F)ccc23)c(F)c1. The van der Waals surface area contributed by atoms with Gasteiger partial charge in [0.05, 0.1) is 11.2 Å². The van der Waals surface area contributed by atoms with Crippen molar-refractivity contribution in [2.24, 2.45) is 5.92 Å². The van der Waals surface area contributed by atoms with Crippen LogP contribution in [-0.4, -0.2) is 35.6 Å². The number of hydrogen-bond donors (Lipinski definition) is 1. The fourth-order valence-corrected chi connectivity index (χ4v) is 4.20. The van der Waals surface area contributed by atoms with Crippen molar-refractivity contribution in [1.82, 2.24) is 15.3 Å². The van der Waals surface area contributed by atoms with Crippen LogP contribution in [0.5, 0.6) is 0 Å². The fraction of sp³-hybridized carbons (Fsp3) is 0.300. The van der Waals surface area contributed by atoms with Gasteiger partial charge in [-0.25, -0.2) is 23.1 Å². The van der Waals surface area contributed by atoms with Crippen molar-refractivity contribution in [1.29, 1.82) is 0 Å². The number of hydrogen-bond acceptors (Lipinski definition) is 4. The van der Waals surface area contributed by atoms with Crippen molar-refractivity contribution < 1.29 is 13.2 Å². The van der Waals surface area contributed by atoms with E-state index in [4.69, 9.17) is 0 Å². The number of nitrogens with one attached hydrogen (secondary N) is 1. The molecule has 0 bridgehead atoms. The van der Waals surface area contributed by atoms with E-state index in [0.717, 1.165) is 32.1 Å². The number of fused-ring (bicyclic) bond motifs is 2. The molecule has 4 nitrogen and oxygen atoms in total. The second-order valence-corrected chi connectivity index (χ2v) is 7.13. The van der Waals surface area contributed by atoms with Crippen LogP contribution in [0.15, 0.2) is 36.4 Å². The van der Waals surface area contributed by atoms with Gasteiger partial charge in [-0.3, -0.25) is 0 Å². The van der Waals surface area contributed by atoms with E-state index in [2.05, 4.69) is 20.2 Å². The Morgan fingerprint density at radius 2 is 1.78 bits per heavy atom. The first-order valence-corrected chi connectivity index (χ1v) is 9.00. The van der Waals surface area contributed by atoms with Crippen molar-refractivity contribution >= 4 is 16.9 Å². The average Bonchev–Trinajstić information content (AvgIpc) is 3.24. The normalized spacial score (nSPS) is 21.8. The van der Waals surface area contributed by atoms with Gasteiger partial charge < -0.3 is 10.2 Å². The maximum absolute atomic E-state index is 14.5. The van der Waals surface area contributed by atoms with Crippen LogP contribution in [-0.2, 0) is 0 Å². The summed E-state index contributed by atoms with van der Waals surface area (Å²) in [5.74, 6) is -0.780. The van der Waals surface area contributed by atoms with E-state index in [1.807, 2.05) is 0 Å². The van der Waals surface area contributed by atoms with Crippen LogP contribution in [0.4, 0.5) is 19.1 Å². The molecule has 0 saturated carbocycles. The summed E-state index contributed by atoms with van der Waals surface area (Å²) in [5.41, 5.74) is 0.937. The third kappa shape index (κ3) is 2.73. The van der Waals surface area contributed by atoms with Gasteiger partial charge in [-0.1, -0.05) is 0 Å². The van der Waals surface area contributed by atoms with Gasteiger partial charge in [0.25, 0.3) is 0 Å². The van der Waals surface area contributed by atoms with Gasteiger partial charge in [0.2, 0.25) is 5.95 Å². The first-order chi connectivity index (χ1) is 13.1. The summed E-state index contributed by atoms with van der Waals surface area (Å²) in [5, 5.41) is 3.91. The van der Waals surface area contributed by atoms with E-state index in [1.54, 1.807) is 0 Å². The molecule has 3 aromatic rings. The molecular weight excluding hydrogens is 353 g/mol. The summed E-state index contributed by atoms with van der Waals surface area (Å²) in [6.45, 7) is 2.61. The highest BCUT2D eigenvalue weighted by Gasteiger charge is 2.39. The molecule has 2 aromatic carbocycles. The molecule has 1 N–H and O–H groups in total. The lowest BCUT2D eigenvalue weighted by molar-refractivity contribution is 0.576. The van der Waals surface area contributed by atoms with Crippen molar-refractivity contribution in [3.8, 4) is 11.3 Å². The largest absolute Gasteiger partial charge is 0.336 e. The van der Waals surface area contributed by atoms with Crippen LogP contribution in [0.3, 0.4) is 0 Å². The third-order valence-electron chi connectivity index (χ3n) is 5.54. The topological polar surface area (TPSA) is 41.1 Å². The second-order valence-electron chi connectivity index (χ2n) is 7.13. The molecule has 27 heavy (non-hydrogen) atoms. The van der Waals surface area contributed by atoms with Crippen LogP contribution >= 0.6 is 0 Å². The predicted octanol–water partition coefficient (Wildman–Crippen LogP) is 3.51. The van der Waals surface area contributed by atoms with Crippen molar-refractivity contribution in [2.75, 3.05) is 24.5 Å². The van der Waals surface area contributed by atoms with Gasteiger partial charge in [0.1, 0.15) is 17.5 Å². The van der Waals surface area contributed by atoms with Crippen molar-refractivity contribution in [3.63, 3.8) is 0 Å². The molecule has 2 atom stereocenters. The molecule has 0 aliphatic carbocycles. The van der Waals surface area contributed by atoms with Crippen LogP contribution < -0.4 is 10.2 Å². The molecule has 7 heteroatoms. The monoisotopic (exact) mass is 370 g/mol. The smallest absolute Gasteiger partial charge is 0.226 e. The van der Waals surface area contributed by atoms with E-state index >= 15 is 0 Å². The molecule has 2 aliphatic heterocycles. The Labute approximate surface area is 154 Å². The summed E-state index contributed by atoms with van der Waals surface area (Å²) in [7, 11) is 0. The van der Waals surface area contributed by atoms with Gasteiger partial charge in [-0.2, -0.15) is 0 Å². The number of halogens is 3. The summed E-state index contributed by atoms with van der Waals surface area (Å²) in [4.78, 5) is 11.3. The van der Waals surface area contributed by atoms with Gasteiger partial charge in [0.15, 0.2) is 0 Å². The van der Waals surface area contributed by atoms with E-state index < -0.39 is 17.5 Å². The average molecular weight is 370 g/mol. The maximum atomic E-state index is 14.5. The minimum absolute atomic E-state index is 0.178. The lowest BCUT2D eigenvalue weighted by Crippen LogP contribution is -2.35. The number of benzene rings is 2. The summed E-state index contributed by atoms with van der Waals surface area (Å²) in [6, 6.07) is 7.83. The molecular formula is C20H17F3N4. The Morgan fingerprint density at radius 3 is 2.63 bits per heavy atom. The minimum Gasteiger partial charge on any atom is -0.336 e. The van der Waals surface area contributed by atoms with Gasteiger partial charge >= 0.3 is 0 Å². The summed E-state index contributed by atoms with van der Waals surface area (Å²) >= 11 is 0. The number of aromatic nitrogens is 2. The highest BCUT2D eigenvalue weighted by Crippen LogP contribution is 2.35. The molecule has 0 spiro atoms. The minimum atomic E-state index is -0.702. The number of anilines is 1. The summed E-state index contributed by atoms with van der Waals surface area (Å²) < 4.78 is 41.7. The molecule has 5 rings (SSSR count). The fourth-order valence-electron chi connectivity index (χ4n) is 4.20. The highest BCUT2D eigenvalue weighted by atomic mass is 19.1. The maximum Gasteiger partial charge on any atom is 0.226 e. The Hall–Kier alpha value is -2.67. The first-order valence-electron chi connectivity index (χ1n) is 9.00. The lowest BCUT2D eigenvalue weighted by Gasteiger charge is -2.24. The Bertz CT molecular complexity index is 1040. The Balaban J connectivity index is 1.71. The first kappa shape index (κ1) is 16.5. The van der Waals surface area contributed by atoms with Gasteiger partial charge in [0, 0.05) is 48.8 Å². The van der Waals surface area contributed by atoms with E-state index in [9.17, 15) is 13.2 Å². The number of rotatable bonds is 2. The zero-order chi connectivity index (χ0) is 18.5. The Morgan fingerprint density at radius 1 is 0.963 bits per heavy atom. The third-order valence-corrected chi connectivity index (χ3v) is 5.54.